The van der Waals surface area contributed by atoms with Gasteiger partial charge in [-0.15, -0.1) is 0 Å². The van der Waals surface area contributed by atoms with Crippen molar-refractivity contribution in [3.63, 3.8) is 0 Å². The maximum atomic E-state index is 5.42. The van der Waals surface area contributed by atoms with Crippen LogP contribution in [-0.4, -0.2) is 44.4 Å². The van der Waals surface area contributed by atoms with Crippen molar-refractivity contribution in [1.29, 1.82) is 0 Å². The minimum atomic E-state index is -2.71. The van der Waals surface area contributed by atoms with Gasteiger partial charge in [0.25, 0.3) is 0 Å². The van der Waals surface area contributed by atoms with Gasteiger partial charge in [-0.2, -0.15) is 0 Å². The molecule has 0 aliphatic heterocycles. The van der Waals surface area contributed by atoms with Crippen LogP contribution >= 0.6 is 0 Å². The van der Waals surface area contributed by atoms with E-state index in [1.54, 1.807) is 35.5 Å². The summed E-state index contributed by atoms with van der Waals surface area (Å²) < 4.78 is 27.0. The second-order valence-corrected chi connectivity index (χ2v) is 6.56. The first-order valence-electron chi connectivity index (χ1n) is 5.51. The number of hydrogen-bond acceptors (Lipinski definition) is 5. The second-order valence-electron chi connectivity index (χ2n) is 3.61. The Bertz CT molecular complexity index is 348. The summed E-state index contributed by atoms with van der Waals surface area (Å²) in [5.41, 5.74) is 0.889. The highest BCUT2D eigenvalue weighted by molar-refractivity contribution is 6.60. The van der Waals surface area contributed by atoms with E-state index < -0.39 is 8.80 Å². The molecule has 0 bridgehead atoms. The maximum Gasteiger partial charge on any atom is 0.505 e. The summed E-state index contributed by atoms with van der Waals surface area (Å²) in [6, 6.07) is 6.11. The summed E-state index contributed by atoms with van der Waals surface area (Å²) in [6.07, 6.45) is 0. The van der Waals surface area contributed by atoms with Crippen LogP contribution in [0, 0.1) is 0 Å². The zero-order valence-corrected chi connectivity index (χ0v) is 12.5. The van der Waals surface area contributed by atoms with Gasteiger partial charge in [-0.05, 0) is 12.1 Å². The van der Waals surface area contributed by atoms with E-state index in [4.69, 9.17) is 22.8 Å². The molecule has 6 heteroatoms. The highest BCUT2D eigenvalue weighted by atomic mass is 28.4. The van der Waals surface area contributed by atoms with E-state index in [1.807, 2.05) is 18.2 Å². The summed E-state index contributed by atoms with van der Waals surface area (Å²) in [7, 11) is 5.28. The third-order valence-electron chi connectivity index (χ3n) is 2.86. The van der Waals surface area contributed by atoms with E-state index in [9.17, 15) is 0 Å². The highest BCUT2D eigenvalue weighted by Crippen LogP contribution is 2.31. The minimum absolute atomic E-state index is 0.490. The van der Waals surface area contributed by atoms with Crippen LogP contribution in [0.5, 0.6) is 11.5 Å². The summed E-state index contributed by atoms with van der Waals surface area (Å²) >= 11 is 0. The normalized spacial score (nSPS) is 11.4. The summed E-state index contributed by atoms with van der Waals surface area (Å²) in [5.74, 6) is 1.47. The SMILES string of the molecule is COc1cccc(OC)c1C[Si](OC)(OC)OC. The molecule has 1 aromatic carbocycles. The lowest BCUT2D eigenvalue weighted by atomic mass is 10.2. The van der Waals surface area contributed by atoms with Crippen molar-refractivity contribution in [3.05, 3.63) is 23.8 Å². The Kier molecular flexibility index (Phi) is 5.61. The molecule has 1 rings (SSSR count). The molecule has 5 nitrogen and oxygen atoms in total. The molecule has 0 atom stereocenters. The van der Waals surface area contributed by atoms with E-state index in [0.717, 1.165) is 17.1 Å². The Morgan fingerprint density at radius 3 is 1.61 bits per heavy atom. The third-order valence-corrected chi connectivity index (χ3v) is 5.51. The molecule has 0 radical (unpaired) electrons. The first-order valence-corrected chi connectivity index (χ1v) is 7.44. The smallest absolute Gasteiger partial charge is 0.496 e. The van der Waals surface area contributed by atoms with Gasteiger partial charge in [0, 0.05) is 26.9 Å². The predicted octanol–water partition coefficient (Wildman–Crippen LogP) is 1.66. The van der Waals surface area contributed by atoms with Crippen LogP contribution in [0.25, 0.3) is 0 Å². The molecule has 0 aromatic heterocycles. The second kappa shape index (κ2) is 6.74. The van der Waals surface area contributed by atoms with Gasteiger partial charge in [-0.3, -0.25) is 0 Å². The number of hydrogen-bond donors (Lipinski definition) is 0. The van der Waals surface area contributed by atoms with Crippen molar-refractivity contribution in [2.45, 2.75) is 6.04 Å². The van der Waals surface area contributed by atoms with Crippen molar-refractivity contribution >= 4 is 8.80 Å². The Morgan fingerprint density at radius 2 is 1.28 bits per heavy atom. The van der Waals surface area contributed by atoms with Gasteiger partial charge in [-0.25, -0.2) is 0 Å². The fourth-order valence-electron chi connectivity index (χ4n) is 1.79. The Morgan fingerprint density at radius 1 is 0.833 bits per heavy atom. The molecule has 0 spiro atoms. The van der Waals surface area contributed by atoms with E-state index in [2.05, 4.69) is 0 Å². The first kappa shape index (κ1) is 15.0. The molecule has 0 heterocycles. The number of methoxy groups -OCH3 is 2. The molecule has 0 aliphatic rings. The standard InChI is InChI=1S/C12H20O5Si/c1-13-11-7-6-8-12(14-2)10(11)9-18(15-3,16-4)17-5/h6-8H,9H2,1-5H3. The topological polar surface area (TPSA) is 46.2 Å². The summed E-state index contributed by atoms with van der Waals surface area (Å²) in [4.78, 5) is 0. The first-order chi connectivity index (χ1) is 8.66. The van der Waals surface area contributed by atoms with Crippen LogP contribution < -0.4 is 9.47 Å². The van der Waals surface area contributed by atoms with Crippen molar-refractivity contribution in [2.24, 2.45) is 0 Å². The molecule has 0 unspecified atom stereocenters. The summed E-state index contributed by atoms with van der Waals surface area (Å²) in [5, 5.41) is 0. The monoisotopic (exact) mass is 272 g/mol. The van der Waals surface area contributed by atoms with Crippen LogP contribution in [0.4, 0.5) is 0 Å². The van der Waals surface area contributed by atoms with Crippen LogP contribution in [0.2, 0.25) is 0 Å². The summed E-state index contributed by atoms with van der Waals surface area (Å²) in [6.45, 7) is 0. The van der Waals surface area contributed by atoms with Gasteiger partial charge in [0.05, 0.1) is 20.3 Å². The Labute approximate surface area is 109 Å². The quantitative estimate of drug-likeness (QED) is 0.707. The average Bonchev–Trinajstić information content (AvgIpc) is 2.44. The lowest BCUT2D eigenvalue weighted by Crippen LogP contribution is -2.45. The molecule has 0 aliphatic carbocycles. The molecule has 0 fully saturated rings. The van der Waals surface area contributed by atoms with Gasteiger partial charge in [0.1, 0.15) is 11.5 Å². The van der Waals surface area contributed by atoms with E-state index >= 15 is 0 Å². The van der Waals surface area contributed by atoms with Crippen molar-refractivity contribution < 1.29 is 22.8 Å². The predicted molar refractivity (Wildman–Crippen MR) is 70.0 cm³/mol. The van der Waals surface area contributed by atoms with E-state index in [0.29, 0.717) is 6.04 Å². The van der Waals surface area contributed by atoms with Crippen molar-refractivity contribution in [1.82, 2.24) is 0 Å². The van der Waals surface area contributed by atoms with E-state index in [-0.39, 0.29) is 0 Å². The molecule has 18 heavy (non-hydrogen) atoms. The van der Waals surface area contributed by atoms with Gasteiger partial charge in [-0.1, -0.05) is 6.07 Å². The highest BCUT2D eigenvalue weighted by Gasteiger charge is 2.40. The number of rotatable bonds is 7. The fourth-order valence-corrected chi connectivity index (χ4v) is 3.50. The van der Waals surface area contributed by atoms with Crippen LogP contribution in [0.3, 0.4) is 0 Å². The van der Waals surface area contributed by atoms with Gasteiger partial charge in [0.2, 0.25) is 0 Å². The Balaban J connectivity index is 3.15. The Hall–Kier alpha value is -1.08. The van der Waals surface area contributed by atoms with Gasteiger partial charge >= 0.3 is 8.80 Å². The molecule has 0 N–H and O–H groups in total. The number of ether oxygens (including phenoxy) is 2. The largest absolute Gasteiger partial charge is 0.505 e. The molecular weight excluding hydrogens is 252 g/mol. The molecule has 0 saturated carbocycles. The minimum Gasteiger partial charge on any atom is -0.496 e. The zero-order valence-electron chi connectivity index (χ0n) is 11.5. The lowest BCUT2D eigenvalue weighted by Gasteiger charge is -2.25. The zero-order chi connectivity index (χ0) is 13.6. The van der Waals surface area contributed by atoms with Crippen LogP contribution in [-0.2, 0) is 19.3 Å². The average molecular weight is 272 g/mol. The van der Waals surface area contributed by atoms with Crippen LogP contribution in [0.1, 0.15) is 5.56 Å². The van der Waals surface area contributed by atoms with Crippen molar-refractivity contribution in [2.75, 3.05) is 35.5 Å². The van der Waals surface area contributed by atoms with Crippen LogP contribution in [0.15, 0.2) is 18.2 Å². The molecule has 1 aromatic rings. The molecule has 0 amide bonds. The molecular formula is C12H20O5Si. The third kappa shape index (κ3) is 3.02. The van der Waals surface area contributed by atoms with Gasteiger partial charge < -0.3 is 22.8 Å². The maximum absolute atomic E-state index is 5.42. The lowest BCUT2D eigenvalue weighted by molar-refractivity contribution is 0.122. The van der Waals surface area contributed by atoms with Crippen molar-refractivity contribution in [3.8, 4) is 11.5 Å². The molecule has 0 saturated heterocycles. The number of benzene rings is 1. The molecule has 102 valence electrons. The fraction of sp³-hybridized carbons (Fsp3) is 0.500. The van der Waals surface area contributed by atoms with E-state index in [1.165, 1.54) is 0 Å². The van der Waals surface area contributed by atoms with Gasteiger partial charge in [0.15, 0.2) is 0 Å².